The largest absolute Gasteiger partial charge is 0.390 e. The molecule has 0 radical (unpaired) electrons. The minimum absolute atomic E-state index is 0.121. The van der Waals surface area contributed by atoms with E-state index in [9.17, 15) is 5.11 Å². The predicted molar refractivity (Wildman–Crippen MR) is 58.3 cm³/mol. The minimum atomic E-state index is -0.228. The number of aliphatic hydroxyl groups excluding tert-OH is 1. The van der Waals surface area contributed by atoms with Crippen molar-refractivity contribution in [2.75, 3.05) is 6.61 Å². The molecule has 2 nitrogen and oxygen atoms in total. The van der Waals surface area contributed by atoms with Crippen LogP contribution in [0, 0.1) is 5.92 Å². The summed E-state index contributed by atoms with van der Waals surface area (Å²) in [5.41, 5.74) is 0. The second-order valence-corrected chi connectivity index (χ2v) is 4.80. The average Bonchev–Trinajstić information content (AvgIpc) is 2.18. The first-order valence-corrected chi connectivity index (χ1v) is 6.00. The lowest BCUT2D eigenvalue weighted by Crippen LogP contribution is -2.32. The van der Waals surface area contributed by atoms with Gasteiger partial charge >= 0.3 is 0 Å². The Morgan fingerprint density at radius 1 is 1.29 bits per heavy atom. The van der Waals surface area contributed by atoms with Crippen LogP contribution in [0.1, 0.15) is 52.4 Å². The summed E-state index contributed by atoms with van der Waals surface area (Å²) in [6, 6.07) is 0. The highest BCUT2D eigenvalue weighted by Gasteiger charge is 2.21. The molecule has 1 rings (SSSR count). The SMILES string of the molecule is CC(C)CCCC(O)C1CCCCO1. The summed E-state index contributed by atoms with van der Waals surface area (Å²) in [4.78, 5) is 0. The van der Waals surface area contributed by atoms with E-state index in [2.05, 4.69) is 13.8 Å². The van der Waals surface area contributed by atoms with Crippen LogP contribution in [0.25, 0.3) is 0 Å². The normalized spacial score (nSPS) is 25.3. The molecule has 0 amide bonds. The zero-order valence-corrected chi connectivity index (χ0v) is 9.54. The van der Waals surface area contributed by atoms with Gasteiger partial charge in [0.2, 0.25) is 0 Å². The highest BCUT2D eigenvalue weighted by Crippen LogP contribution is 2.19. The van der Waals surface area contributed by atoms with Gasteiger partial charge in [0.15, 0.2) is 0 Å². The number of hydrogen-bond acceptors (Lipinski definition) is 2. The van der Waals surface area contributed by atoms with Gasteiger partial charge in [-0.1, -0.05) is 26.7 Å². The van der Waals surface area contributed by atoms with Crippen LogP contribution < -0.4 is 0 Å². The summed E-state index contributed by atoms with van der Waals surface area (Å²) >= 11 is 0. The molecule has 0 spiro atoms. The fraction of sp³-hybridized carbons (Fsp3) is 1.00. The van der Waals surface area contributed by atoms with Crippen LogP contribution in [0.15, 0.2) is 0 Å². The first kappa shape index (κ1) is 12.0. The number of ether oxygens (including phenoxy) is 1. The summed E-state index contributed by atoms with van der Waals surface area (Å²) in [5.74, 6) is 0.745. The standard InChI is InChI=1S/C12H24O2/c1-10(2)6-5-7-11(13)12-8-3-4-9-14-12/h10-13H,3-9H2,1-2H3. The first-order valence-electron chi connectivity index (χ1n) is 6.00. The number of hydrogen-bond donors (Lipinski definition) is 1. The maximum absolute atomic E-state index is 9.86. The van der Waals surface area contributed by atoms with Gasteiger partial charge in [0.1, 0.15) is 0 Å². The molecule has 0 aromatic rings. The molecule has 2 atom stereocenters. The van der Waals surface area contributed by atoms with Gasteiger partial charge in [0.05, 0.1) is 12.2 Å². The molecular weight excluding hydrogens is 176 g/mol. The Kier molecular flexibility index (Phi) is 5.49. The monoisotopic (exact) mass is 200 g/mol. The zero-order chi connectivity index (χ0) is 10.4. The van der Waals surface area contributed by atoms with Gasteiger partial charge in [-0.3, -0.25) is 0 Å². The fourth-order valence-corrected chi connectivity index (χ4v) is 1.99. The van der Waals surface area contributed by atoms with Crippen molar-refractivity contribution in [3.63, 3.8) is 0 Å². The van der Waals surface area contributed by atoms with E-state index >= 15 is 0 Å². The summed E-state index contributed by atoms with van der Waals surface area (Å²) in [5, 5.41) is 9.86. The van der Waals surface area contributed by atoms with E-state index in [0.717, 1.165) is 38.2 Å². The minimum Gasteiger partial charge on any atom is -0.390 e. The predicted octanol–water partition coefficient (Wildman–Crippen LogP) is 2.74. The molecule has 0 saturated carbocycles. The van der Waals surface area contributed by atoms with E-state index in [1.54, 1.807) is 0 Å². The van der Waals surface area contributed by atoms with Gasteiger partial charge in [0, 0.05) is 6.61 Å². The van der Waals surface area contributed by atoms with E-state index in [4.69, 9.17) is 4.74 Å². The van der Waals surface area contributed by atoms with Gasteiger partial charge in [-0.15, -0.1) is 0 Å². The molecular formula is C12H24O2. The van der Waals surface area contributed by atoms with Crippen molar-refractivity contribution < 1.29 is 9.84 Å². The summed E-state index contributed by atoms with van der Waals surface area (Å²) in [7, 11) is 0. The molecule has 84 valence electrons. The number of rotatable bonds is 5. The van der Waals surface area contributed by atoms with E-state index in [1.807, 2.05) is 0 Å². The van der Waals surface area contributed by atoms with Crippen LogP contribution in [-0.4, -0.2) is 23.9 Å². The lowest BCUT2D eigenvalue weighted by atomic mass is 9.98. The Labute approximate surface area is 87.7 Å². The third-order valence-corrected chi connectivity index (χ3v) is 2.93. The van der Waals surface area contributed by atoms with E-state index in [1.165, 1.54) is 12.8 Å². The maximum Gasteiger partial charge on any atom is 0.0833 e. The summed E-state index contributed by atoms with van der Waals surface area (Å²) in [6.07, 6.45) is 6.56. The van der Waals surface area contributed by atoms with Crippen LogP contribution in [0.3, 0.4) is 0 Å². The van der Waals surface area contributed by atoms with Crippen molar-refractivity contribution in [1.82, 2.24) is 0 Å². The number of aliphatic hydroxyl groups is 1. The Morgan fingerprint density at radius 3 is 2.64 bits per heavy atom. The molecule has 1 N–H and O–H groups in total. The van der Waals surface area contributed by atoms with Gasteiger partial charge < -0.3 is 9.84 Å². The highest BCUT2D eigenvalue weighted by atomic mass is 16.5. The molecule has 2 heteroatoms. The van der Waals surface area contributed by atoms with Crippen LogP contribution in [0.5, 0.6) is 0 Å². The fourth-order valence-electron chi connectivity index (χ4n) is 1.99. The summed E-state index contributed by atoms with van der Waals surface area (Å²) in [6.45, 7) is 5.29. The third kappa shape index (κ3) is 4.43. The van der Waals surface area contributed by atoms with Gasteiger partial charge in [-0.05, 0) is 31.6 Å². The quantitative estimate of drug-likeness (QED) is 0.739. The van der Waals surface area contributed by atoms with Crippen LogP contribution >= 0.6 is 0 Å². The molecule has 1 aliphatic rings. The van der Waals surface area contributed by atoms with Crippen LogP contribution in [-0.2, 0) is 4.74 Å². The summed E-state index contributed by atoms with van der Waals surface area (Å²) < 4.78 is 5.55. The second-order valence-electron chi connectivity index (χ2n) is 4.80. The Morgan fingerprint density at radius 2 is 2.07 bits per heavy atom. The van der Waals surface area contributed by atoms with E-state index < -0.39 is 0 Å². The molecule has 2 unspecified atom stereocenters. The topological polar surface area (TPSA) is 29.5 Å². The molecule has 14 heavy (non-hydrogen) atoms. The molecule has 0 aliphatic carbocycles. The molecule has 1 aliphatic heterocycles. The van der Waals surface area contributed by atoms with Crippen molar-refractivity contribution in [3.05, 3.63) is 0 Å². The van der Waals surface area contributed by atoms with Gasteiger partial charge in [-0.2, -0.15) is 0 Å². The first-order chi connectivity index (χ1) is 6.70. The van der Waals surface area contributed by atoms with Crippen molar-refractivity contribution in [2.45, 2.75) is 64.6 Å². The van der Waals surface area contributed by atoms with Crippen LogP contribution in [0.4, 0.5) is 0 Å². The molecule has 1 fully saturated rings. The Balaban J connectivity index is 2.10. The van der Waals surface area contributed by atoms with E-state index in [-0.39, 0.29) is 12.2 Å². The smallest absolute Gasteiger partial charge is 0.0833 e. The van der Waals surface area contributed by atoms with E-state index in [0.29, 0.717) is 0 Å². The highest BCUT2D eigenvalue weighted by molar-refractivity contribution is 4.72. The second kappa shape index (κ2) is 6.41. The van der Waals surface area contributed by atoms with Crippen LogP contribution in [0.2, 0.25) is 0 Å². The third-order valence-electron chi connectivity index (χ3n) is 2.93. The van der Waals surface area contributed by atoms with Crippen molar-refractivity contribution in [3.8, 4) is 0 Å². The van der Waals surface area contributed by atoms with Crippen molar-refractivity contribution in [1.29, 1.82) is 0 Å². The Hall–Kier alpha value is -0.0800. The average molecular weight is 200 g/mol. The Bertz CT molecular complexity index is 139. The van der Waals surface area contributed by atoms with Gasteiger partial charge in [-0.25, -0.2) is 0 Å². The molecule has 0 aromatic carbocycles. The van der Waals surface area contributed by atoms with Gasteiger partial charge in [0.25, 0.3) is 0 Å². The molecule has 0 bridgehead atoms. The molecule has 0 aromatic heterocycles. The molecule has 1 saturated heterocycles. The lowest BCUT2D eigenvalue weighted by Gasteiger charge is -2.27. The van der Waals surface area contributed by atoms with Crippen molar-refractivity contribution in [2.24, 2.45) is 5.92 Å². The zero-order valence-electron chi connectivity index (χ0n) is 9.54. The molecule has 1 heterocycles. The lowest BCUT2D eigenvalue weighted by molar-refractivity contribution is -0.0650. The maximum atomic E-state index is 9.86. The van der Waals surface area contributed by atoms with Crippen molar-refractivity contribution >= 4 is 0 Å².